The maximum absolute atomic E-state index is 12.6. The quantitative estimate of drug-likeness (QED) is 0.875. The molecule has 0 bridgehead atoms. The minimum absolute atomic E-state index is 0.0158. The van der Waals surface area contributed by atoms with Crippen molar-refractivity contribution in [3.8, 4) is 0 Å². The number of rotatable bonds is 3. The molecule has 1 aromatic rings. The smallest absolute Gasteiger partial charge is 0.270 e. The molecule has 6 heteroatoms. The first-order valence-electron chi connectivity index (χ1n) is 7.45. The van der Waals surface area contributed by atoms with Crippen molar-refractivity contribution in [3.63, 3.8) is 0 Å². The van der Waals surface area contributed by atoms with E-state index in [9.17, 15) is 4.79 Å². The fourth-order valence-corrected chi connectivity index (χ4v) is 3.98. The Bertz CT molecular complexity index is 520. The van der Waals surface area contributed by atoms with Crippen molar-refractivity contribution in [1.29, 1.82) is 0 Å². The Kier molecular flexibility index (Phi) is 4.49. The van der Waals surface area contributed by atoms with Gasteiger partial charge in [-0.15, -0.1) is 0 Å². The highest BCUT2D eigenvalue weighted by atomic mass is 79.9. The zero-order valence-electron chi connectivity index (χ0n) is 13.5. The Morgan fingerprint density at radius 3 is 2.52 bits per heavy atom. The first kappa shape index (κ1) is 16.5. The number of aryl methyl sites for hydroxylation is 1. The third-order valence-electron chi connectivity index (χ3n) is 3.83. The van der Waals surface area contributed by atoms with Crippen LogP contribution in [0.2, 0.25) is 0 Å². The summed E-state index contributed by atoms with van der Waals surface area (Å²) < 4.78 is 2.46. The van der Waals surface area contributed by atoms with Crippen LogP contribution in [0.1, 0.15) is 57.9 Å². The molecule has 0 aromatic carbocycles. The summed E-state index contributed by atoms with van der Waals surface area (Å²) in [7, 11) is 0. The van der Waals surface area contributed by atoms with Gasteiger partial charge in [0.05, 0.1) is 10.7 Å². The molecule has 0 radical (unpaired) electrons. The maximum Gasteiger partial charge on any atom is 0.270 e. The average molecular weight is 357 g/mol. The fraction of sp³-hybridized carbons (Fsp3) is 0.733. The lowest BCUT2D eigenvalue weighted by atomic mass is 9.79. The summed E-state index contributed by atoms with van der Waals surface area (Å²) in [5, 5.41) is 11.0. The Hall–Kier alpha value is -0.880. The molecule has 0 saturated carbocycles. The van der Waals surface area contributed by atoms with Gasteiger partial charge in [0, 0.05) is 23.7 Å². The molecule has 0 unspecified atom stereocenters. The molecule has 2 heterocycles. The van der Waals surface area contributed by atoms with Gasteiger partial charge in [-0.25, -0.2) is 0 Å². The second kappa shape index (κ2) is 5.72. The summed E-state index contributed by atoms with van der Waals surface area (Å²) in [6.07, 6.45) is 3.51. The number of piperidine rings is 1. The molecule has 0 atom stereocenters. The summed E-state index contributed by atoms with van der Waals surface area (Å²) in [5.74, 6) is -0.0558. The van der Waals surface area contributed by atoms with Gasteiger partial charge in [0.2, 0.25) is 0 Å². The molecular weight excluding hydrogens is 332 g/mol. The Labute approximate surface area is 135 Å². The first-order valence-corrected chi connectivity index (χ1v) is 8.24. The van der Waals surface area contributed by atoms with Crippen LogP contribution < -0.4 is 10.6 Å². The van der Waals surface area contributed by atoms with Crippen LogP contribution in [0.15, 0.2) is 10.7 Å². The number of carbonyl (C=O) groups is 1. The molecule has 2 rings (SSSR count). The van der Waals surface area contributed by atoms with E-state index in [0.29, 0.717) is 12.2 Å². The number of hydrogen-bond acceptors (Lipinski definition) is 3. The van der Waals surface area contributed by atoms with Gasteiger partial charge in [-0.3, -0.25) is 9.48 Å². The third kappa shape index (κ3) is 3.86. The molecular formula is C15H25BrN4O. The standard InChI is InChI=1S/C15H25BrN4O/c1-6-20-12(11(16)9-17-20)13(21)18-10-7-14(2,3)19-15(4,5)8-10/h9-10,19H,6-8H2,1-5H3,(H,18,21). The number of nitrogens with one attached hydrogen (secondary N) is 2. The number of aromatic nitrogens is 2. The van der Waals surface area contributed by atoms with Crippen molar-refractivity contribution < 1.29 is 4.79 Å². The molecule has 0 spiro atoms. The van der Waals surface area contributed by atoms with Gasteiger partial charge in [0.25, 0.3) is 5.91 Å². The lowest BCUT2D eigenvalue weighted by Gasteiger charge is -2.46. The van der Waals surface area contributed by atoms with Gasteiger partial charge in [-0.2, -0.15) is 5.10 Å². The maximum atomic E-state index is 12.6. The molecule has 1 amide bonds. The molecule has 1 saturated heterocycles. The SMILES string of the molecule is CCn1ncc(Br)c1C(=O)NC1CC(C)(C)NC(C)(C)C1. The normalized spacial score (nSPS) is 21.2. The van der Waals surface area contributed by atoms with Crippen LogP contribution in [0.3, 0.4) is 0 Å². The van der Waals surface area contributed by atoms with E-state index in [1.165, 1.54) is 0 Å². The molecule has 2 N–H and O–H groups in total. The van der Waals surface area contributed by atoms with E-state index in [0.717, 1.165) is 17.3 Å². The first-order chi connectivity index (χ1) is 9.63. The van der Waals surface area contributed by atoms with Crippen LogP contribution in [0, 0.1) is 0 Å². The predicted octanol–water partition coefficient (Wildman–Crippen LogP) is 2.70. The van der Waals surface area contributed by atoms with Crippen LogP contribution >= 0.6 is 15.9 Å². The fourth-order valence-electron chi connectivity index (χ4n) is 3.51. The Morgan fingerprint density at radius 2 is 2.00 bits per heavy atom. The van der Waals surface area contributed by atoms with Crippen molar-refractivity contribution >= 4 is 21.8 Å². The van der Waals surface area contributed by atoms with Gasteiger partial charge >= 0.3 is 0 Å². The van der Waals surface area contributed by atoms with Gasteiger partial charge in [-0.1, -0.05) is 0 Å². The number of halogens is 1. The predicted molar refractivity (Wildman–Crippen MR) is 87.4 cm³/mol. The number of carbonyl (C=O) groups excluding carboxylic acids is 1. The molecule has 5 nitrogen and oxygen atoms in total. The van der Waals surface area contributed by atoms with Crippen LogP contribution in [0.25, 0.3) is 0 Å². The van der Waals surface area contributed by atoms with Gasteiger partial charge < -0.3 is 10.6 Å². The molecule has 1 aliphatic heterocycles. The molecule has 118 valence electrons. The molecule has 21 heavy (non-hydrogen) atoms. The van der Waals surface area contributed by atoms with Crippen molar-refractivity contribution in [2.75, 3.05) is 0 Å². The van der Waals surface area contributed by atoms with Crippen molar-refractivity contribution in [1.82, 2.24) is 20.4 Å². The van der Waals surface area contributed by atoms with E-state index in [-0.39, 0.29) is 23.0 Å². The van der Waals surface area contributed by atoms with Crippen molar-refractivity contribution in [3.05, 3.63) is 16.4 Å². The van der Waals surface area contributed by atoms with Crippen molar-refractivity contribution in [2.45, 2.75) is 71.1 Å². The number of amides is 1. The van der Waals surface area contributed by atoms with Gasteiger partial charge in [-0.05, 0) is 63.4 Å². The van der Waals surface area contributed by atoms with E-state index < -0.39 is 0 Å². The van der Waals surface area contributed by atoms with Crippen LogP contribution in [0.5, 0.6) is 0 Å². The van der Waals surface area contributed by atoms with E-state index in [4.69, 9.17) is 0 Å². The summed E-state index contributed by atoms with van der Waals surface area (Å²) in [6.45, 7) is 11.4. The minimum atomic E-state index is -0.0558. The number of hydrogen-bond donors (Lipinski definition) is 2. The summed E-state index contributed by atoms with van der Waals surface area (Å²) in [6, 6.07) is 0.163. The minimum Gasteiger partial charge on any atom is -0.348 e. The molecule has 1 fully saturated rings. The summed E-state index contributed by atoms with van der Waals surface area (Å²) in [4.78, 5) is 12.6. The van der Waals surface area contributed by atoms with Gasteiger partial charge in [0.1, 0.15) is 5.69 Å². The topological polar surface area (TPSA) is 59.0 Å². The monoisotopic (exact) mass is 356 g/mol. The highest BCUT2D eigenvalue weighted by Crippen LogP contribution is 2.29. The molecule has 1 aliphatic rings. The summed E-state index contributed by atoms with van der Waals surface area (Å²) >= 11 is 3.41. The molecule has 1 aromatic heterocycles. The van der Waals surface area contributed by atoms with Crippen LogP contribution in [0.4, 0.5) is 0 Å². The molecule has 0 aliphatic carbocycles. The second-order valence-electron chi connectivity index (χ2n) is 7.13. The zero-order valence-corrected chi connectivity index (χ0v) is 15.0. The van der Waals surface area contributed by atoms with E-state index in [1.54, 1.807) is 10.9 Å². The van der Waals surface area contributed by atoms with E-state index >= 15 is 0 Å². The highest BCUT2D eigenvalue weighted by molar-refractivity contribution is 9.10. The Balaban J connectivity index is 2.14. The lowest BCUT2D eigenvalue weighted by Crippen LogP contribution is -2.62. The van der Waals surface area contributed by atoms with Gasteiger partial charge in [0.15, 0.2) is 0 Å². The van der Waals surface area contributed by atoms with Crippen LogP contribution in [-0.2, 0) is 6.54 Å². The highest BCUT2D eigenvalue weighted by Gasteiger charge is 2.38. The van der Waals surface area contributed by atoms with E-state index in [1.807, 2.05) is 6.92 Å². The second-order valence-corrected chi connectivity index (χ2v) is 7.98. The van der Waals surface area contributed by atoms with E-state index in [2.05, 4.69) is 59.4 Å². The van der Waals surface area contributed by atoms with Crippen LogP contribution in [-0.4, -0.2) is 32.8 Å². The Morgan fingerprint density at radius 1 is 1.43 bits per heavy atom. The van der Waals surface area contributed by atoms with Crippen molar-refractivity contribution in [2.24, 2.45) is 0 Å². The average Bonchev–Trinajstić information content (AvgIpc) is 2.65. The lowest BCUT2D eigenvalue weighted by molar-refractivity contribution is 0.0862. The summed E-state index contributed by atoms with van der Waals surface area (Å²) in [5.41, 5.74) is 0.635. The number of nitrogens with zero attached hydrogens (tertiary/aromatic N) is 2. The zero-order chi connectivity index (χ0) is 15.8. The third-order valence-corrected chi connectivity index (χ3v) is 4.42. The largest absolute Gasteiger partial charge is 0.348 e.